The van der Waals surface area contributed by atoms with Gasteiger partial charge in [-0.1, -0.05) is 30.3 Å². The van der Waals surface area contributed by atoms with Crippen LogP contribution in [0.2, 0.25) is 0 Å². The Morgan fingerprint density at radius 1 is 1.20 bits per heavy atom. The number of aliphatic hydroxyl groups excluding tert-OH is 1. The van der Waals surface area contributed by atoms with Crippen LogP contribution in [0, 0.1) is 13.8 Å². The molecule has 2 aromatic rings. The van der Waals surface area contributed by atoms with Gasteiger partial charge in [-0.25, -0.2) is 0 Å². The van der Waals surface area contributed by atoms with Gasteiger partial charge in [0.05, 0.1) is 6.61 Å². The second kappa shape index (κ2) is 6.73. The van der Waals surface area contributed by atoms with Crippen LogP contribution >= 0.6 is 0 Å². The van der Waals surface area contributed by atoms with Gasteiger partial charge < -0.3 is 15.0 Å². The summed E-state index contributed by atoms with van der Waals surface area (Å²) < 4.78 is 2.20. The van der Waals surface area contributed by atoms with Crippen molar-refractivity contribution in [3.63, 3.8) is 0 Å². The Morgan fingerprint density at radius 3 is 2.45 bits per heavy atom. The number of aromatic nitrogens is 1. The molecule has 2 rings (SSSR count). The Hall–Kier alpha value is -1.58. The lowest BCUT2D eigenvalue weighted by atomic mass is 10.1. The molecule has 0 fully saturated rings. The Bertz CT molecular complexity index is 546. The minimum Gasteiger partial charge on any atom is -0.395 e. The highest BCUT2D eigenvalue weighted by molar-refractivity contribution is 5.26. The van der Waals surface area contributed by atoms with Gasteiger partial charge in [0.1, 0.15) is 0 Å². The van der Waals surface area contributed by atoms with Crippen molar-refractivity contribution in [3.8, 4) is 0 Å². The summed E-state index contributed by atoms with van der Waals surface area (Å²) in [6.07, 6.45) is 0.849. The Balaban J connectivity index is 1.95. The summed E-state index contributed by atoms with van der Waals surface area (Å²) in [5.74, 6) is 0. The minimum absolute atomic E-state index is 0.0947. The Labute approximate surface area is 121 Å². The molecule has 0 aliphatic carbocycles. The fourth-order valence-corrected chi connectivity index (χ4v) is 2.47. The highest BCUT2D eigenvalue weighted by Gasteiger charge is 2.10. The molecule has 108 valence electrons. The molecule has 2 N–H and O–H groups in total. The van der Waals surface area contributed by atoms with Gasteiger partial charge in [-0.05, 0) is 37.5 Å². The molecule has 1 atom stereocenters. The molecule has 1 unspecified atom stereocenters. The number of hydrogen-bond donors (Lipinski definition) is 2. The lowest BCUT2D eigenvalue weighted by Gasteiger charge is -2.16. The molecule has 3 heteroatoms. The van der Waals surface area contributed by atoms with E-state index in [4.69, 9.17) is 0 Å². The van der Waals surface area contributed by atoms with Crippen molar-refractivity contribution < 1.29 is 5.11 Å². The van der Waals surface area contributed by atoms with Gasteiger partial charge in [-0.2, -0.15) is 0 Å². The molecule has 1 aromatic carbocycles. The molecule has 0 saturated carbocycles. The standard InChI is InChI=1S/C17H24N2O/c1-13-9-16(14(2)19(13)3)11-18-17(12-20)10-15-7-5-4-6-8-15/h4-9,17-18,20H,10-12H2,1-3H3. The van der Waals surface area contributed by atoms with Crippen LogP contribution in [0.15, 0.2) is 36.4 Å². The smallest absolute Gasteiger partial charge is 0.0587 e. The maximum atomic E-state index is 9.53. The number of aliphatic hydroxyl groups is 1. The fraction of sp³-hybridized carbons (Fsp3) is 0.412. The van der Waals surface area contributed by atoms with E-state index in [1.807, 2.05) is 18.2 Å². The molecule has 0 radical (unpaired) electrons. The van der Waals surface area contributed by atoms with Crippen LogP contribution in [-0.4, -0.2) is 22.3 Å². The van der Waals surface area contributed by atoms with Gasteiger partial charge in [-0.3, -0.25) is 0 Å². The average Bonchev–Trinajstić information content (AvgIpc) is 2.72. The highest BCUT2D eigenvalue weighted by atomic mass is 16.3. The van der Waals surface area contributed by atoms with Crippen LogP contribution in [-0.2, 0) is 20.0 Å². The van der Waals surface area contributed by atoms with E-state index >= 15 is 0 Å². The number of nitrogens with zero attached hydrogens (tertiary/aromatic N) is 1. The van der Waals surface area contributed by atoms with Crippen molar-refractivity contribution >= 4 is 0 Å². The van der Waals surface area contributed by atoms with Gasteiger partial charge in [0, 0.05) is 31.0 Å². The van der Waals surface area contributed by atoms with Gasteiger partial charge in [0.25, 0.3) is 0 Å². The number of benzene rings is 1. The fourth-order valence-electron chi connectivity index (χ4n) is 2.47. The molecule has 1 aromatic heterocycles. The average molecular weight is 272 g/mol. The SMILES string of the molecule is Cc1cc(CNC(CO)Cc2ccccc2)c(C)n1C. The van der Waals surface area contributed by atoms with Crippen LogP contribution in [0.3, 0.4) is 0 Å². The molecule has 1 heterocycles. The lowest BCUT2D eigenvalue weighted by Crippen LogP contribution is -2.34. The third kappa shape index (κ3) is 3.50. The number of aryl methyl sites for hydroxylation is 1. The minimum atomic E-state index is 0.0947. The summed E-state index contributed by atoms with van der Waals surface area (Å²) in [5, 5.41) is 13.0. The maximum absolute atomic E-state index is 9.53. The van der Waals surface area contributed by atoms with Crippen LogP contribution in [0.5, 0.6) is 0 Å². The monoisotopic (exact) mass is 272 g/mol. The molecular formula is C17H24N2O. The van der Waals surface area contributed by atoms with Gasteiger partial charge in [0.15, 0.2) is 0 Å². The molecule has 20 heavy (non-hydrogen) atoms. The van der Waals surface area contributed by atoms with E-state index in [-0.39, 0.29) is 12.6 Å². The second-order valence-corrected chi connectivity index (χ2v) is 5.41. The van der Waals surface area contributed by atoms with Crippen LogP contribution in [0.1, 0.15) is 22.5 Å². The highest BCUT2D eigenvalue weighted by Crippen LogP contribution is 2.13. The van der Waals surface area contributed by atoms with Crippen molar-refractivity contribution in [2.75, 3.05) is 6.61 Å². The van der Waals surface area contributed by atoms with Crippen molar-refractivity contribution in [3.05, 3.63) is 58.9 Å². The first kappa shape index (κ1) is 14.8. The second-order valence-electron chi connectivity index (χ2n) is 5.41. The van der Waals surface area contributed by atoms with Crippen molar-refractivity contribution in [2.24, 2.45) is 7.05 Å². The van der Waals surface area contributed by atoms with E-state index in [1.165, 1.54) is 22.5 Å². The summed E-state index contributed by atoms with van der Waals surface area (Å²) in [6, 6.07) is 12.6. The quantitative estimate of drug-likeness (QED) is 0.847. The predicted octanol–water partition coefficient (Wildman–Crippen LogP) is 2.34. The number of rotatable bonds is 6. The third-order valence-electron chi connectivity index (χ3n) is 4.01. The normalized spacial score (nSPS) is 12.6. The first-order valence-corrected chi connectivity index (χ1v) is 7.11. The van der Waals surface area contributed by atoms with Crippen LogP contribution in [0.4, 0.5) is 0 Å². The topological polar surface area (TPSA) is 37.2 Å². The van der Waals surface area contributed by atoms with Crippen molar-refractivity contribution in [1.29, 1.82) is 0 Å². The van der Waals surface area contributed by atoms with Gasteiger partial charge in [0.2, 0.25) is 0 Å². The van der Waals surface area contributed by atoms with E-state index < -0.39 is 0 Å². The summed E-state index contributed by atoms with van der Waals surface area (Å²) in [5.41, 5.74) is 5.10. The Kier molecular flexibility index (Phi) is 4.99. The first-order valence-electron chi connectivity index (χ1n) is 7.11. The molecule has 0 aliphatic rings. The third-order valence-corrected chi connectivity index (χ3v) is 4.01. The summed E-state index contributed by atoms with van der Waals surface area (Å²) in [4.78, 5) is 0. The van der Waals surface area contributed by atoms with Gasteiger partial charge in [-0.15, -0.1) is 0 Å². The van der Waals surface area contributed by atoms with E-state index in [9.17, 15) is 5.11 Å². The van der Waals surface area contributed by atoms with Crippen LogP contribution in [0.25, 0.3) is 0 Å². The van der Waals surface area contributed by atoms with E-state index in [2.05, 4.69) is 49.0 Å². The lowest BCUT2D eigenvalue weighted by molar-refractivity contribution is 0.240. The molecule has 0 saturated heterocycles. The molecule has 3 nitrogen and oxygen atoms in total. The molecular weight excluding hydrogens is 248 g/mol. The van der Waals surface area contributed by atoms with E-state index in [0.717, 1.165) is 13.0 Å². The molecule has 0 bridgehead atoms. The zero-order valence-corrected chi connectivity index (χ0v) is 12.6. The largest absolute Gasteiger partial charge is 0.395 e. The van der Waals surface area contributed by atoms with Crippen molar-refractivity contribution in [2.45, 2.75) is 32.9 Å². The van der Waals surface area contributed by atoms with E-state index in [0.29, 0.717) is 0 Å². The van der Waals surface area contributed by atoms with Crippen molar-refractivity contribution in [1.82, 2.24) is 9.88 Å². The molecule has 0 amide bonds. The summed E-state index contributed by atoms with van der Waals surface area (Å²) in [6.45, 7) is 5.20. The molecule has 0 spiro atoms. The zero-order chi connectivity index (χ0) is 14.5. The first-order chi connectivity index (χ1) is 9.61. The predicted molar refractivity (Wildman–Crippen MR) is 82.7 cm³/mol. The Morgan fingerprint density at radius 2 is 1.90 bits per heavy atom. The van der Waals surface area contributed by atoms with Gasteiger partial charge >= 0.3 is 0 Å². The van der Waals surface area contributed by atoms with Crippen LogP contribution < -0.4 is 5.32 Å². The maximum Gasteiger partial charge on any atom is 0.0587 e. The number of nitrogens with one attached hydrogen (secondary N) is 1. The van der Waals surface area contributed by atoms with E-state index in [1.54, 1.807) is 0 Å². The summed E-state index contributed by atoms with van der Waals surface area (Å²) >= 11 is 0. The zero-order valence-electron chi connectivity index (χ0n) is 12.6. The molecule has 0 aliphatic heterocycles. The number of hydrogen-bond acceptors (Lipinski definition) is 2. The summed E-state index contributed by atoms with van der Waals surface area (Å²) in [7, 11) is 2.08.